The summed E-state index contributed by atoms with van der Waals surface area (Å²) < 4.78 is 22.5. The molecule has 2 atom stereocenters. The molecule has 1 aliphatic rings. The topological polar surface area (TPSA) is 112 Å². The highest BCUT2D eigenvalue weighted by atomic mass is 16.5. The highest BCUT2D eigenvalue weighted by molar-refractivity contribution is 6.38. The number of likely N-dealkylation sites (tertiary alicyclic amines) is 1. The number of hydrogen-bond acceptors (Lipinski definition) is 9. The second-order valence-electron chi connectivity index (χ2n) is 12.0. The third-order valence-electron chi connectivity index (χ3n) is 8.04. The molecule has 0 radical (unpaired) electrons. The minimum absolute atomic E-state index is 0.112. The number of likely N-dealkylation sites (N-methyl/N-ethyl adjacent to an activating group) is 1. The molecular formula is C34H46N2O8. The summed E-state index contributed by atoms with van der Waals surface area (Å²) >= 11 is 0. The average molecular weight is 611 g/mol. The van der Waals surface area contributed by atoms with Gasteiger partial charge < -0.3 is 23.8 Å². The molecule has 1 saturated heterocycles. The number of hydrogen-bond donors (Lipinski definition) is 0. The van der Waals surface area contributed by atoms with Gasteiger partial charge in [-0.05, 0) is 88.0 Å². The molecule has 0 aromatic heterocycles. The van der Waals surface area contributed by atoms with Gasteiger partial charge in [-0.1, -0.05) is 39.0 Å². The zero-order valence-electron chi connectivity index (χ0n) is 27.0. The summed E-state index contributed by atoms with van der Waals surface area (Å²) in [5.41, 5.74) is 0.764. The number of Topliss-reactive ketones (excluding diaryl/α,β-unsaturated/α-hetero) is 1. The van der Waals surface area contributed by atoms with E-state index in [2.05, 4.69) is 0 Å². The number of carbonyl (C=O) groups excluding carboxylic acids is 4. The first-order chi connectivity index (χ1) is 20.9. The largest absolute Gasteiger partial charge is 0.493 e. The van der Waals surface area contributed by atoms with Gasteiger partial charge in [-0.3, -0.25) is 19.3 Å². The fraction of sp³-hybridized carbons (Fsp3) is 0.529. The number of nitrogens with zero attached hydrogens (tertiary/aromatic N) is 2. The summed E-state index contributed by atoms with van der Waals surface area (Å²) in [6.45, 7) is 5.78. The van der Waals surface area contributed by atoms with Crippen LogP contribution in [0.5, 0.6) is 17.2 Å². The van der Waals surface area contributed by atoms with Crippen molar-refractivity contribution in [2.75, 3.05) is 41.4 Å². The highest BCUT2D eigenvalue weighted by Crippen LogP contribution is 2.32. The molecule has 0 aliphatic carbocycles. The molecule has 0 N–H and O–H groups in total. The Bertz CT molecular complexity index is 1320. The van der Waals surface area contributed by atoms with Gasteiger partial charge in [0, 0.05) is 12.0 Å². The number of piperidine rings is 1. The summed E-state index contributed by atoms with van der Waals surface area (Å²) in [5, 5.41) is 0. The zero-order chi connectivity index (χ0) is 32.4. The quantitative estimate of drug-likeness (QED) is 0.170. The van der Waals surface area contributed by atoms with Crippen molar-refractivity contribution in [1.82, 2.24) is 9.80 Å². The second kappa shape index (κ2) is 15.7. The number of rotatable bonds is 14. The number of benzene rings is 2. The van der Waals surface area contributed by atoms with E-state index in [1.54, 1.807) is 65.3 Å². The summed E-state index contributed by atoms with van der Waals surface area (Å²) in [6.07, 6.45) is 2.58. The Hall–Kier alpha value is -3.92. The second-order valence-corrected chi connectivity index (χ2v) is 12.0. The van der Waals surface area contributed by atoms with Crippen LogP contribution in [0.15, 0.2) is 42.5 Å². The number of amides is 1. The number of aryl methyl sites for hydroxylation is 1. The lowest BCUT2D eigenvalue weighted by molar-refractivity contribution is -0.164. The van der Waals surface area contributed by atoms with Crippen LogP contribution in [0.3, 0.4) is 0 Å². The molecule has 44 heavy (non-hydrogen) atoms. The van der Waals surface area contributed by atoms with E-state index in [-0.39, 0.29) is 6.54 Å². The zero-order valence-corrected chi connectivity index (χ0v) is 27.0. The normalized spacial score (nSPS) is 15.8. The molecule has 2 aromatic rings. The van der Waals surface area contributed by atoms with Crippen LogP contribution in [0.2, 0.25) is 0 Å². The van der Waals surface area contributed by atoms with Gasteiger partial charge in [-0.15, -0.1) is 0 Å². The summed E-state index contributed by atoms with van der Waals surface area (Å²) in [7, 11) is 6.69. The van der Waals surface area contributed by atoms with Gasteiger partial charge in [0.25, 0.3) is 5.91 Å². The van der Waals surface area contributed by atoms with Gasteiger partial charge >= 0.3 is 11.9 Å². The molecule has 0 unspecified atom stereocenters. The number of ketones is 1. The Morgan fingerprint density at radius 3 is 2.39 bits per heavy atom. The lowest BCUT2D eigenvalue weighted by Crippen LogP contribution is -2.53. The molecule has 1 fully saturated rings. The Kier molecular flexibility index (Phi) is 12.3. The first-order valence-corrected chi connectivity index (χ1v) is 15.1. The maximum Gasteiger partial charge on any atom is 0.329 e. The smallest absolute Gasteiger partial charge is 0.329 e. The van der Waals surface area contributed by atoms with Crippen molar-refractivity contribution in [2.24, 2.45) is 5.41 Å². The summed E-state index contributed by atoms with van der Waals surface area (Å²) in [5.74, 6) is -0.594. The molecule has 240 valence electrons. The molecule has 1 heterocycles. The van der Waals surface area contributed by atoms with E-state index in [1.165, 1.54) is 4.90 Å². The fourth-order valence-corrected chi connectivity index (χ4v) is 5.05. The van der Waals surface area contributed by atoms with Crippen LogP contribution in [-0.2, 0) is 30.3 Å². The van der Waals surface area contributed by atoms with Crippen LogP contribution in [0.25, 0.3) is 0 Å². The van der Waals surface area contributed by atoms with Crippen molar-refractivity contribution in [3.63, 3.8) is 0 Å². The molecule has 1 amide bonds. The Labute approximate surface area is 260 Å². The maximum absolute atomic E-state index is 13.8. The first kappa shape index (κ1) is 34.6. The van der Waals surface area contributed by atoms with E-state index in [0.29, 0.717) is 61.5 Å². The van der Waals surface area contributed by atoms with Crippen LogP contribution in [0, 0.1) is 5.41 Å². The lowest BCUT2D eigenvalue weighted by Gasteiger charge is -2.36. The minimum atomic E-state index is -0.863. The van der Waals surface area contributed by atoms with Crippen LogP contribution in [0.1, 0.15) is 70.1 Å². The first-order valence-electron chi connectivity index (χ1n) is 15.1. The van der Waals surface area contributed by atoms with Crippen molar-refractivity contribution < 1.29 is 38.1 Å². The van der Waals surface area contributed by atoms with Gasteiger partial charge in [0.15, 0.2) is 11.5 Å². The van der Waals surface area contributed by atoms with E-state index in [9.17, 15) is 19.2 Å². The van der Waals surface area contributed by atoms with E-state index >= 15 is 0 Å². The molecule has 1 aliphatic heterocycles. The number of esters is 2. The van der Waals surface area contributed by atoms with Gasteiger partial charge in [-0.25, -0.2) is 4.79 Å². The Morgan fingerprint density at radius 1 is 1.00 bits per heavy atom. The van der Waals surface area contributed by atoms with Crippen molar-refractivity contribution in [3.05, 3.63) is 53.6 Å². The SMILES string of the molecule is CCC(C)(C)C(=O)C(=O)N1CCCC[C@H]1C(=O)O[C@H](CCc1ccc(OC)c(OC)c1)c1cccc(OC(=O)CN(C)C)c1. The van der Waals surface area contributed by atoms with E-state index in [0.717, 1.165) is 12.0 Å². The van der Waals surface area contributed by atoms with Crippen LogP contribution < -0.4 is 14.2 Å². The van der Waals surface area contributed by atoms with Crippen molar-refractivity contribution in [3.8, 4) is 17.2 Å². The Morgan fingerprint density at radius 2 is 1.73 bits per heavy atom. The number of carbonyl (C=O) groups is 4. The van der Waals surface area contributed by atoms with Gasteiger partial charge in [-0.2, -0.15) is 0 Å². The van der Waals surface area contributed by atoms with Crippen molar-refractivity contribution >= 4 is 23.6 Å². The predicted octanol–water partition coefficient (Wildman–Crippen LogP) is 4.77. The third-order valence-corrected chi connectivity index (χ3v) is 8.04. The summed E-state index contributed by atoms with van der Waals surface area (Å²) in [4.78, 5) is 55.5. The lowest BCUT2D eigenvalue weighted by atomic mass is 9.84. The third kappa shape index (κ3) is 9.05. The van der Waals surface area contributed by atoms with E-state index in [4.69, 9.17) is 18.9 Å². The molecule has 10 nitrogen and oxygen atoms in total. The van der Waals surface area contributed by atoms with Crippen LogP contribution in [-0.4, -0.2) is 80.9 Å². The monoisotopic (exact) mass is 610 g/mol. The van der Waals surface area contributed by atoms with Crippen molar-refractivity contribution in [1.29, 1.82) is 0 Å². The molecule has 0 saturated carbocycles. The highest BCUT2D eigenvalue weighted by Gasteiger charge is 2.41. The van der Waals surface area contributed by atoms with Gasteiger partial charge in [0.05, 0.1) is 20.8 Å². The van der Waals surface area contributed by atoms with Crippen LogP contribution in [0.4, 0.5) is 0 Å². The summed E-state index contributed by atoms with van der Waals surface area (Å²) in [6, 6.07) is 11.7. The molecule has 0 spiro atoms. The van der Waals surface area contributed by atoms with Gasteiger partial charge in [0.1, 0.15) is 17.9 Å². The standard InChI is InChI=1S/C34H46N2O8/c1-8-34(2,3)31(38)32(39)36-19-10-9-14-26(36)33(40)44-27(17-15-23-16-18-28(41-6)29(20-23)42-7)24-12-11-13-25(21-24)43-30(37)22-35(4)5/h11-13,16,18,20-21,26-27H,8-10,14-15,17,19,22H2,1-7H3/t26-,27+/m0/s1. The maximum atomic E-state index is 13.8. The van der Waals surface area contributed by atoms with E-state index in [1.807, 2.05) is 31.2 Å². The van der Waals surface area contributed by atoms with Crippen LogP contribution >= 0.6 is 0 Å². The van der Waals surface area contributed by atoms with Crippen molar-refractivity contribution in [2.45, 2.75) is 71.4 Å². The van der Waals surface area contributed by atoms with E-state index < -0.39 is 41.2 Å². The number of methoxy groups -OCH3 is 2. The Balaban J connectivity index is 1.88. The molecule has 3 rings (SSSR count). The fourth-order valence-electron chi connectivity index (χ4n) is 5.05. The van der Waals surface area contributed by atoms with Gasteiger partial charge in [0.2, 0.25) is 5.78 Å². The number of ether oxygens (including phenoxy) is 4. The molecule has 0 bridgehead atoms. The average Bonchev–Trinajstić information content (AvgIpc) is 3.01. The predicted molar refractivity (Wildman–Crippen MR) is 166 cm³/mol. The molecular weight excluding hydrogens is 564 g/mol. The minimum Gasteiger partial charge on any atom is -0.493 e. The molecule has 10 heteroatoms. The molecule has 2 aromatic carbocycles.